The number of hydrogen-bond acceptors (Lipinski definition) is 4. The number of rotatable bonds is 4. The predicted molar refractivity (Wildman–Crippen MR) is 62.1 cm³/mol. The van der Waals surface area contributed by atoms with Crippen molar-refractivity contribution < 1.29 is 19.4 Å². The van der Waals surface area contributed by atoms with Gasteiger partial charge in [0.15, 0.2) is 0 Å². The van der Waals surface area contributed by atoms with Crippen LogP contribution in [0.4, 0.5) is 4.79 Å². The normalized spacial score (nSPS) is 11.4. The molecule has 1 rings (SSSR count). The van der Waals surface area contributed by atoms with Gasteiger partial charge < -0.3 is 14.6 Å². The number of nitrogens with one attached hydrogen (secondary N) is 1. The summed E-state index contributed by atoms with van der Waals surface area (Å²) >= 11 is 0. The van der Waals surface area contributed by atoms with E-state index in [1.165, 1.54) is 14.0 Å². The molecule has 0 bridgehead atoms. The van der Waals surface area contributed by atoms with E-state index in [0.717, 1.165) is 5.56 Å². The van der Waals surface area contributed by atoms with E-state index in [1.54, 1.807) is 0 Å². The Morgan fingerprint density at radius 1 is 1.35 bits per heavy atom. The number of benzene rings is 1. The van der Waals surface area contributed by atoms with Gasteiger partial charge in [-0.2, -0.15) is 0 Å². The summed E-state index contributed by atoms with van der Waals surface area (Å²) in [6.07, 6.45) is -0.644. The van der Waals surface area contributed by atoms with Gasteiger partial charge >= 0.3 is 6.09 Å². The van der Waals surface area contributed by atoms with Gasteiger partial charge in [0.1, 0.15) is 6.61 Å². The van der Waals surface area contributed by atoms with Crippen LogP contribution in [0.5, 0.6) is 0 Å². The molecule has 5 nitrogen and oxygen atoms in total. The molecule has 0 aliphatic heterocycles. The van der Waals surface area contributed by atoms with Crippen LogP contribution in [0.15, 0.2) is 42.0 Å². The number of methoxy groups -OCH3 is 1. The van der Waals surface area contributed by atoms with Crippen LogP contribution in [-0.2, 0) is 16.1 Å². The summed E-state index contributed by atoms with van der Waals surface area (Å²) < 4.78 is 9.48. The molecular weight excluding hydrogens is 222 g/mol. The average Bonchev–Trinajstić information content (AvgIpc) is 2.36. The maximum absolute atomic E-state index is 11.3. The third-order valence-electron chi connectivity index (χ3n) is 2.02. The number of aliphatic hydroxyl groups excluding tert-OH is 1. The monoisotopic (exact) mass is 237 g/mol. The van der Waals surface area contributed by atoms with Crippen LogP contribution in [0.1, 0.15) is 12.5 Å². The Morgan fingerprint density at radius 2 is 2.00 bits per heavy atom. The summed E-state index contributed by atoms with van der Waals surface area (Å²) in [5.41, 5.74) is 1.09. The molecule has 0 unspecified atom stereocenters. The van der Waals surface area contributed by atoms with E-state index in [4.69, 9.17) is 9.84 Å². The predicted octanol–water partition coefficient (Wildman–Crippen LogP) is 2.31. The summed E-state index contributed by atoms with van der Waals surface area (Å²) in [5, 5.41) is 11.5. The number of aliphatic hydroxyl groups is 1. The van der Waals surface area contributed by atoms with Crippen LogP contribution >= 0.6 is 0 Å². The van der Waals surface area contributed by atoms with Gasteiger partial charge in [-0.15, -0.1) is 0 Å². The molecule has 0 aliphatic carbocycles. The smallest absolute Gasteiger partial charge is 0.411 e. The van der Waals surface area contributed by atoms with Crippen LogP contribution in [0, 0.1) is 0 Å². The molecule has 1 aromatic carbocycles. The van der Waals surface area contributed by atoms with Crippen LogP contribution < -0.4 is 5.32 Å². The lowest BCUT2D eigenvalue weighted by Crippen LogP contribution is -2.23. The highest BCUT2D eigenvalue weighted by Crippen LogP contribution is 2.02. The van der Waals surface area contributed by atoms with Crippen molar-refractivity contribution in [3.05, 3.63) is 47.5 Å². The third-order valence-corrected chi connectivity index (χ3v) is 2.02. The van der Waals surface area contributed by atoms with Gasteiger partial charge in [-0.3, -0.25) is 5.32 Å². The van der Waals surface area contributed by atoms with Crippen molar-refractivity contribution in [2.45, 2.75) is 13.5 Å². The molecule has 0 atom stereocenters. The van der Waals surface area contributed by atoms with Crippen molar-refractivity contribution in [2.24, 2.45) is 0 Å². The van der Waals surface area contributed by atoms with E-state index in [1.807, 2.05) is 30.3 Å². The third kappa shape index (κ3) is 4.46. The second kappa shape index (κ2) is 6.42. The van der Waals surface area contributed by atoms with E-state index >= 15 is 0 Å². The lowest BCUT2D eigenvalue weighted by atomic mass is 10.2. The molecule has 0 saturated carbocycles. The van der Waals surface area contributed by atoms with Crippen molar-refractivity contribution >= 4 is 6.09 Å². The Balaban J connectivity index is 2.41. The molecule has 0 heterocycles. The molecule has 2 N–H and O–H groups in total. The molecule has 1 amide bonds. The molecule has 0 saturated heterocycles. The molecule has 17 heavy (non-hydrogen) atoms. The van der Waals surface area contributed by atoms with E-state index in [2.05, 4.69) is 10.1 Å². The first-order chi connectivity index (χ1) is 8.13. The van der Waals surface area contributed by atoms with Crippen molar-refractivity contribution in [3.8, 4) is 0 Å². The fraction of sp³-hybridized carbons (Fsp3) is 0.250. The molecule has 0 radical (unpaired) electrons. The highest BCUT2D eigenvalue weighted by atomic mass is 16.6. The number of amides is 1. The van der Waals surface area contributed by atoms with Gasteiger partial charge in [-0.05, 0) is 12.5 Å². The second-order valence-electron chi connectivity index (χ2n) is 3.32. The molecule has 0 aliphatic rings. The zero-order valence-corrected chi connectivity index (χ0v) is 9.77. The zero-order valence-electron chi connectivity index (χ0n) is 9.77. The van der Waals surface area contributed by atoms with Crippen molar-refractivity contribution in [2.75, 3.05) is 7.11 Å². The van der Waals surface area contributed by atoms with Crippen molar-refractivity contribution in [3.63, 3.8) is 0 Å². The van der Waals surface area contributed by atoms with Gasteiger partial charge in [-0.1, -0.05) is 30.3 Å². The van der Waals surface area contributed by atoms with Gasteiger partial charge in [0.05, 0.1) is 12.8 Å². The topological polar surface area (TPSA) is 67.8 Å². The lowest BCUT2D eigenvalue weighted by Gasteiger charge is -2.08. The first kappa shape index (κ1) is 12.9. The van der Waals surface area contributed by atoms with Crippen LogP contribution in [0.25, 0.3) is 0 Å². The molecule has 1 aromatic rings. The fourth-order valence-corrected chi connectivity index (χ4v) is 1.12. The minimum absolute atomic E-state index is 0.174. The van der Waals surface area contributed by atoms with Crippen molar-refractivity contribution in [1.82, 2.24) is 5.32 Å². The lowest BCUT2D eigenvalue weighted by molar-refractivity contribution is 0.121. The number of carbonyl (C=O) groups is 1. The Hall–Kier alpha value is -2.17. The maximum atomic E-state index is 11.3. The zero-order chi connectivity index (χ0) is 12.7. The number of carbonyl (C=O) groups excluding carboxylic acids is 1. The van der Waals surface area contributed by atoms with Crippen LogP contribution in [0.3, 0.4) is 0 Å². The van der Waals surface area contributed by atoms with Gasteiger partial charge in [0.2, 0.25) is 0 Å². The highest BCUT2D eigenvalue weighted by molar-refractivity contribution is 5.69. The average molecular weight is 237 g/mol. The van der Waals surface area contributed by atoms with Gasteiger partial charge in [0.25, 0.3) is 5.95 Å². The molecule has 5 heteroatoms. The van der Waals surface area contributed by atoms with Gasteiger partial charge in [-0.25, -0.2) is 4.79 Å². The first-order valence-corrected chi connectivity index (χ1v) is 5.05. The largest absolute Gasteiger partial charge is 0.480 e. The van der Waals surface area contributed by atoms with Crippen molar-refractivity contribution in [1.29, 1.82) is 0 Å². The van der Waals surface area contributed by atoms with E-state index in [0.29, 0.717) is 0 Å². The minimum atomic E-state index is -0.644. The fourth-order valence-electron chi connectivity index (χ4n) is 1.12. The van der Waals surface area contributed by atoms with E-state index in [9.17, 15) is 4.79 Å². The first-order valence-electron chi connectivity index (χ1n) is 5.05. The summed E-state index contributed by atoms with van der Waals surface area (Å²) in [6, 6.07) is 9.30. The quantitative estimate of drug-likeness (QED) is 0.788. The second-order valence-corrected chi connectivity index (χ2v) is 3.32. The number of ether oxygens (including phenoxy) is 2. The molecule has 0 fully saturated rings. The standard InChI is InChI=1S/C12H15NO4/c1-9(11(14)16-2)13-12(15)17-8-10-6-4-3-5-7-10/h3-7,14H,8H2,1-2H3,(H,13,15)/b11-9+. The SMILES string of the molecule is CO/C(O)=C(\C)NC(=O)OCc1ccccc1. The summed E-state index contributed by atoms with van der Waals surface area (Å²) in [4.78, 5) is 11.3. The Bertz CT molecular complexity index is 400. The molecule has 0 spiro atoms. The maximum Gasteiger partial charge on any atom is 0.411 e. The summed E-state index contributed by atoms with van der Waals surface area (Å²) in [7, 11) is 1.30. The minimum Gasteiger partial charge on any atom is -0.480 e. The number of allylic oxidation sites excluding steroid dienone is 1. The molecule has 0 aromatic heterocycles. The van der Waals surface area contributed by atoms with E-state index < -0.39 is 6.09 Å². The summed E-state index contributed by atoms with van der Waals surface area (Å²) in [6.45, 7) is 1.68. The van der Waals surface area contributed by atoms with Gasteiger partial charge in [0, 0.05) is 0 Å². The van der Waals surface area contributed by atoms with Crippen LogP contribution in [0.2, 0.25) is 0 Å². The molecule has 92 valence electrons. The highest BCUT2D eigenvalue weighted by Gasteiger charge is 2.06. The Labute approximate surface area is 99.7 Å². The van der Waals surface area contributed by atoms with E-state index in [-0.39, 0.29) is 18.2 Å². The number of alkyl carbamates (subject to hydrolysis) is 1. The Kier molecular flexibility index (Phi) is 4.87. The summed E-state index contributed by atoms with van der Waals surface area (Å²) in [5.74, 6) is -0.346. The number of hydrogen-bond donors (Lipinski definition) is 2. The Morgan fingerprint density at radius 3 is 2.59 bits per heavy atom. The molecular formula is C12H15NO4. The van der Waals surface area contributed by atoms with Crippen LogP contribution in [-0.4, -0.2) is 18.3 Å².